The number of carbonyl (C=O) groups is 1. The lowest BCUT2D eigenvalue weighted by molar-refractivity contribution is -0.143. The first-order valence-corrected chi connectivity index (χ1v) is 17.8. The fourth-order valence-electron chi connectivity index (χ4n) is 5.52. The first-order valence-electron chi connectivity index (χ1n) is 16.3. The number of benzene rings is 2. The summed E-state index contributed by atoms with van der Waals surface area (Å²) in [6.07, 6.45) is -6.61. The number of halogens is 6. The van der Waals surface area contributed by atoms with Gasteiger partial charge in [0, 0.05) is 31.6 Å². The maximum absolute atomic E-state index is 13.2. The molecular weight excluding hydrogens is 690 g/mol. The van der Waals surface area contributed by atoms with E-state index in [4.69, 9.17) is 4.74 Å². The highest BCUT2D eigenvalue weighted by atomic mass is 32.2. The molecule has 1 saturated carbocycles. The van der Waals surface area contributed by atoms with Crippen molar-refractivity contribution in [3.8, 4) is 0 Å². The summed E-state index contributed by atoms with van der Waals surface area (Å²) in [7, 11) is -4.63. The van der Waals surface area contributed by atoms with Crippen molar-refractivity contribution in [1.82, 2.24) is 20.0 Å². The molecule has 0 aliphatic heterocycles. The van der Waals surface area contributed by atoms with Crippen molar-refractivity contribution in [2.75, 3.05) is 36.8 Å². The van der Waals surface area contributed by atoms with Crippen LogP contribution in [-0.2, 0) is 27.1 Å². The minimum atomic E-state index is -5.16. The van der Waals surface area contributed by atoms with Gasteiger partial charge < -0.3 is 20.7 Å². The van der Waals surface area contributed by atoms with Crippen LogP contribution in [0.4, 0.5) is 42.9 Å². The molecule has 17 heteroatoms. The van der Waals surface area contributed by atoms with E-state index in [1.54, 1.807) is 20.8 Å². The third-order valence-electron chi connectivity index (χ3n) is 8.12. The third kappa shape index (κ3) is 11.6. The van der Waals surface area contributed by atoms with E-state index in [1.807, 2.05) is 24.3 Å². The van der Waals surface area contributed by atoms with Gasteiger partial charge in [0.1, 0.15) is 11.4 Å². The van der Waals surface area contributed by atoms with Crippen molar-refractivity contribution in [2.24, 2.45) is 11.8 Å². The zero-order valence-corrected chi connectivity index (χ0v) is 28.8. The number of unbranched alkanes of at least 4 members (excludes halogenated alkanes) is 1. The monoisotopic (exact) mass is 732 g/mol. The number of alkyl carbamates (subject to hydrolysis) is 1. The van der Waals surface area contributed by atoms with Gasteiger partial charge in [-0.2, -0.15) is 31.3 Å². The van der Waals surface area contributed by atoms with E-state index in [9.17, 15) is 39.6 Å². The van der Waals surface area contributed by atoms with Crippen molar-refractivity contribution in [3.05, 3.63) is 53.6 Å². The van der Waals surface area contributed by atoms with Crippen LogP contribution in [0.15, 0.2) is 47.4 Å². The predicted molar refractivity (Wildman–Crippen MR) is 177 cm³/mol. The Kier molecular flexibility index (Phi) is 12.5. The van der Waals surface area contributed by atoms with Gasteiger partial charge in [-0.25, -0.2) is 22.9 Å². The Balaban J connectivity index is 1.26. The maximum atomic E-state index is 13.2. The highest BCUT2D eigenvalue weighted by Gasteiger charge is 2.38. The number of ether oxygens (including phenoxy) is 1. The Morgan fingerprint density at radius 2 is 1.40 bits per heavy atom. The van der Waals surface area contributed by atoms with Crippen LogP contribution in [0.2, 0.25) is 0 Å². The summed E-state index contributed by atoms with van der Waals surface area (Å²) in [4.78, 5) is 20.0. The standard InChI is InChI=1S/C33H42F6N6O4S/c1-31(2,3)49-30(46)41-15-7-6-14-40-28-26-8-4-5-9-27(26)44-29(45-28)42-19-21-10-12-22(13-11-21)20-43-50(47,48)25-17-23(32(34,35)36)16-24(18-25)33(37,38)39/h4-5,8-9,16-18,21-22,43H,6-7,10-15,19-20H2,1-3H3,(H,41,46)(H2,40,42,44,45). The average Bonchev–Trinajstić information content (AvgIpc) is 3.03. The summed E-state index contributed by atoms with van der Waals surface area (Å²) in [5, 5.41) is 10.2. The SMILES string of the molecule is CC(C)(C)OC(=O)NCCCCNc1nc(NCC2CCC(CNS(=O)(=O)c3cc(C(F)(F)F)cc(C(F)(F)F)c3)CC2)nc2ccccc12. The molecule has 10 nitrogen and oxygen atoms in total. The molecule has 1 amide bonds. The molecule has 0 bridgehead atoms. The van der Waals surface area contributed by atoms with Gasteiger partial charge in [-0.1, -0.05) is 12.1 Å². The summed E-state index contributed by atoms with van der Waals surface area (Å²) in [6.45, 7) is 6.93. The molecule has 1 aromatic heterocycles. The molecular formula is C33H42F6N6O4S. The van der Waals surface area contributed by atoms with E-state index in [0.717, 1.165) is 36.6 Å². The number of anilines is 2. The van der Waals surface area contributed by atoms with E-state index in [2.05, 4.69) is 30.6 Å². The Labute approximate surface area is 287 Å². The molecule has 1 aliphatic carbocycles. The second kappa shape index (κ2) is 16.0. The van der Waals surface area contributed by atoms with Crippen LogP contribution < -0.4 is 20.7 Å². The average molecular weight is 733 g/mol. The Hall–Kier alpha value is -3.86. The summed E-state index contributed by atoms with van der Waals surface area (Å²) in [5.74, 6) is 1.18. The quantitative estimate of drug-likeness (QED) is 0.104. The van der Waals surface area contributed by atoms with Crippen LogP contribution in [0.5, 0.6) is 0 Å². The van der Waals surface area contributed by atoms with Crippen LogP contribution in [0.1, 0.15) is 70.4 Å². The first-order chi connectivity index (χ1) is 23.3. The third-order valence-corrected chi connectivity index (χ3v) is 9.52. The highest BCUT2D eigenvalue weighted by molar-refractivity contribution is 7.89. The Bertz CT molecular complexity index is 1690. The summed E-state index contributed by atoms with van der Waals surface area (Å²) < 4.78 is 112. The van der Waals surface area contributed by atoms with Crippen molar-refractivity contribution in [1.29, 1.82) is 0 Å². The number of para-hydroxylation sites is 1. The summed E-state index contributed by atoms with van der Waals surface area (Å²) in [5.41, 5.74) is -3.20. The lowest BCUT2D eigenvalue weighted by atomic mass is 9.82. The number of carbonyl (C=O) groups excluding carboxylic acids is 1. The molecule has 0 atom stereocenters. The van der Waals surface area contributed by atoms with Crippen LogP contribution >= 0.6 is 0 Å². The van der Waals surface area contributed by atoms with Gasteiger partial charge in [0.25, 0.3) is 0 Å². The van der Waals surface area contributed by atoms with Gasteiger partial charge >= 0.3 is 18.4 Å². The number of alkyl halides is 6. The largest absolute Gasteiger partial charge is 0.444 e. The highest BCUT2D eigenvalue weighted by Crippen LogP contribution is 2.37. The normalized spacial score (nSPS) is 17.4. The molecule has 4 rings (SSSR count). The van der Waals surface area contributed by atoms with Crippen LogP contribution in [0.3, 0.4) is 0 Å². The molecule has 0 saturated heterocycles. The summed E-state index contributed by atoms with van der Waals surface area (Å²) >= 11 is 0. The zero-order valence-electron chi connectivity index (χ0n) is 28.0. The molecule has 1 fully saturated rings. The molecule has 2 aromatic carbocycles. The van der Waals surface area contributed by atoms with Gasteiger partial charge in [-0.05, 0) is 101 Å². The van der Waals surface area contributed by atoms with Gasteiger partial charge in [0.15, 0.2) is 0 Å². The maximum Gasteiger partial charge on any atom is 0.416 e. The van der Waals surface area contributed by atoms with Crippen molar-refractivity contribution < 1.29 is 44.3 Å². The number of hydrogen-bond donors (Lipinski definition) is 4. The van der Waals surface area contributed by atoms with Crippen molar-refractivity contribution in [3.63, 3.8) is 0 Å². The number of sulfonamides is 1. The van der Waals surface area contributed by atoms with Crippen molar-refractivity contribution in [2.45, 2.75) is 82.1 Å². The fraction of sp³-hybridized carbons (Fsp3) is 0.545. The molecule has 276 valence electrons. The second-order valence-electron chi connectivity index (χ2n) is 13.3. The van der Waals surface area contributed by atoms with Gasteiger partial charge in [-0.3, -0.25) is 0 Å². The molecule has 3 aromatic rings. The molecule has 50 heavy (non-hydrogen) atoms. The number of aromatic nitrogens is 2. The van der Waals surface area contributed by atoms with E-state index >= 15 is 0 Å². The lowest BCUT2D eigenvalue weighted by Crippen LogP contribution is -2.33. The smallest absolute Gasteiger partial charge is 0.416 e. The molecule has 0 unspecified atom stereocenters. The number of hydrogen-bond acceptors (Lipinski definition) is 8. The van der Waals surface area contributed by atoms with Crippen LogP contribution in [0, 0.1) is 11.8 Å². The number of rotatable bonds is 13. The minimum Gasteiger partial charge on any atom is -0.444 e. The number of nitrogens with zero attached hydrogens (tertiary/aromatic N) is 2. The van der Waals surface area contributed by atoms with E-state index < -0.39 is 50.1 Å². The Morgan fingerprint density at radius 1 is 0.820 bits per heavy atom. The first kappa shape index (κ1) is 38.9. The zero-order chi connectivity index (χ0) is 36.7. The number of fused-ring (bicyclic) bond motifs is 1. The van der Waals surface area contributed by atoms with E-state index in [-0.39, 0.29) is 36.6 Å². The molecule has 0 spiro atoms. The van der Waals surface area contributed by atoms with Crippen LogP contribution in [0.25, 0.3) is 10.9 Å². The lowest BCUT2D eigenvalue weighted by Gasteiger charge is -2.28. The van der Waals surface area contributed by atoms with Gasteiger partial charge in [0.2, 0.25) is 16.0 Å². The Morgan fingerprint density at radius 3 is 2.00 bits per heavy atom. The molecule has 1 aliphatic rings. The van der Waals surface area contributed by atoms with Crippen molar-refractivity contribution >= 4 is 38.8 Å². The summed E-state index contributed by atoms with van der Waals surface area (Å²) in [6, 6.07) is 7.89. The van der Waals surface area contributed by atoms with E-state index in [0.29, 0.717) is 44.2 Å². The predicted octanol–water partition coefficient (Wildman–Crippen LogP) is 7.58. The minimum absolute atomic E-state index is 0.106. The second-order valence-corrected chi connectivity index (χ2v) is 15.1. The molecule has 4 N–H and O–H groups in total. The topological polar surface area (TPSA) is 134 Å². The molecule has 0 radical (unpaired) electrons. The van der Waals surface area contributed by atoms with Gasteiger partial charge in [-0.15, -0.1) is 0 Å². The molecule has 1 heterocycles. The number of amides is 1. The van der Waals surface area contributed by atoms with Gasteiger partial charge in [0.05, 0.1) is 21.5 Å². The fourth-order valence-corrected chi connectivity index (χ4v) is 6.71. The number of nitrogens with one attached hydrogen (secondary N) is 4. The van der Waals surface area contributed by atoms with E-state index in [1.165, 1.54) is 0 Å². The van der Waals surface area contributed by atoms with Crippen LogP contribution in [-0.4, -0.2) is 56.3 Å².